The lowest BCUT2D eigenvalue weighted by molar-refractivity contribution is -0.121. The molecule has 0 fully saturated rings. The monoisotopic (exact) mass is 334 g/mol. The summed E-state index contributed by atoms with van der Waals surface area (Å²) in [5.74, 6) is -0.0224. The summed E-state index contributed by atoms with van der Waals surface area (Å²) in [5.41, 5.74) is 6.15. The molecule has 1 amide bonds. The molecule has 4 nitrogen and oxygen atoms in total. The van der Waals surface area contributed by atoms with E-state index in [1.807, 2.05) is 0 Å². The van der Waals surface area contributed by atoms with Crippen LogP contribution in [0.4, 0.5) is 0 Å². The SMILES string of the molecule is Cl.NCCCCCCC(=O)NCC(O)c1ccc(Cl)cc1. The molecule has 120 valence electrons. The Morgan fingerprint density at radius 1 is 1.19 bits per heavy atom. The Kier molecular flexibility index (Phi) is 11.4. The van der Waals surface area contributed by atoms with Crippen LogP contribution in [0.1, 0.15) is 43.8 Å². The van der Waals surface area contributed by atoms with Gasteiger partial charge < -0.3 is 16.2 Å². The number of carbonyl (C=O) groups is 1. The van der Waals surface area contributed by atoms with Crippen LogP contribution >= 0.6 is 24.0 Å². The van der Waals surface area contributed by atoms with Crippen molar-refractivity contribution in [3.8, 4) is 0 Å². The van der Waals surface area contributed by atoms with Gasteiger partial charge in [-0.1, -0.05) is 36.6 Å². The Bertz CT molecular complexity index is 399. The predicted molar refractivity (Wildman–Crippen MR) is 88.8 cm³/mol. The van der Waals surface area contributed by atoms with E-state index in [4.69, 9.17) is 17.3 Å². The fraction of sp³-hybridized carbons (Fsp3) is 0.533. The van der Waals surface area contributed by atoms with Crippen molar-refractivity contribution in [3.63, 3.8) is 0 Å². The number of carbonyl (C=O) groups excluding carboxylic acids is 1. The molecule has 0 heterocycles. The Labute approximate surface area is 137 Å². The Hall–Kier alpha value is -0.810. The number of nitrogens with two attached hydrogens (primary N) is 1. The molecule has 1 atom stereocenters. The fourth-order valence-corrected chi connectivity index (χ4v) is 2.01. The summed E-state index contributed by atoms with van der Waals surface area (Å²) in [6.45, 7) is 0.933. The average Bonchev–Trinajstić information content (AvgIpc) is 2.45. The van der Waals surface area contributed by atoms with Crippen molar-refractivity contribution in [2.45, 2.75) is 38.2 Å². The van der Waals surface area contributed by atoms with Gasteiger partial charge in [0.1, 0.15) is 0 Å². The third-order valence-electron chi connectivity index (χ3n) is 3.11. The molecule has 1 rings (SSSR count). The maximum atomic E-state index is 11.6. The maximum Gasteiger partial charge on any atom is 0.220 e. The van der Waals surface area contributed by atoms with Crippen molar-refractivity contribution in [2.24, 2.45) is 5.73 Å². The number of hydrogen-bond donors (Lipinski definition) is 3. The minimum Gasteiger partial charge on any atom is -0.387 e. The van der Waals surface area contributed by atoms with Crippen LogP contribution < -0.4 is 11.1 Å². The van der Waals surface area contributed by atoms with Crippen LogP contribution in [-0.2, 0) is 4.79 Å². The van der Waals surface area contributed by atoms with E-state index in [0.29, 0.717) is 18.0 Å². The second-order valence-electron chi connectivity index (χ2n) is 4.82. The number of aliphatic hydroxyl groups excluding tert-OH is 1. The largest absolute Gasteiger partial charge is 0.387 e. The van der Waals surface area contributed by atoms with Crippen molar-refractivity contribution in [1.82, 2.24) is 5.32 Å². The van der Waals surface area contributed by atoms with Gasteiger partial charge in [0.25, 0.3) is 0 Å². The Morgan fingerprint density at radius 3 is 2.43 bits per heavy atom. The summed E-state index contributed by atoms with van der Waals surface area (Å²) in [5, 5.41) is 13.3. The van der Waals surface area contributed by atoms with Crippen LogP contribution in [0.15, 0.2) is 24.3 Å². The highest BCUT2D eigenvalue weighted by Crippen LogP contribution is 2.15. The number of halogens is 2. The van der Waals surface area contributed by atoms with Crippen LogP contribution in [0.2, 0.25) is 5.02 Å². The number of unbranched alkanes of at least 4 members (excludes halogenated alkanes) is 3. The first kappa shape index (κ1) is 20.2. The molecule has 0 spiro atoms. The van der Waals surface area contributed by atoms with Crippen molar-refractivity contribution < 1.29 is 9.90 Å². The van der Waals surface area contributed by atoms with Crippen LogP contribution in [0, 0.1) is 0 Å². The molecule has 1 aromatic rings. The molecule has 0 aliphatic rings. The quantitative estimate of drug-likeness (QED) is 0.608. The van der Waals surface area contributed by atoms with Crippen LogP contribution in [0.5, 0.6) is 0 Å². The van der Waals surface area contributed by atoms with Gasteiger partial charge in [0.2, 0.25) is 5.91 Å². The van der Waals surface area contributed by atoms with Gasteiger partial charge >= 0.3 is 0 Å². The molecule has 21 heavy (non-hydrogen) atoms. The standard InChI is InChI=1S/C15H23ClN2O2.ClH/c16-13-8-6-12(7-9-13)14(19)11-18-15(20)5-3-1-2-4-10-17;/h6-9,14,19H,1-5,10-11,17H2,(H,18,20);1H. The molecule has 1 aromatic carbocycles. The maximum absolute atomic E-state index is 11.6. The first-order valence-electron chi connectivity index (χ1n) is 7.03. The van der Waals surface area contributed by atoms with Gasteiger partial charge in [-0.05, 0) is 37.1 Å². The highest BCUT2D eigenvalue weighted by Gasteiger charge is 2.09. The lowest BCUT2D eigenvalue weighted by Crippen LogP contribution is -2.28. The molecule has 0 saturated heterocycles. The third-order valence-corrected chi connectivity index (χ3v) is 3.36. The van der Waals surface area contributed by atoms with Gasteiger partial charge in [0, 0.05) is 18.0 Å². The number of rotatable bonds is 9. The number of aliphatic hydroxyl groups is 1. The van der Waals surface area contributed by atoms with E-state index in [9.17, 15) is 9.90 Å². The fourth-order valence-electron chi connectivity index (χ4n) is 1.89. The van der Waals surface area contributed by atoms with Gasteiger partial charge in [-0.3, -0.25) is 4.79 Å². The molecule has 0 bridgehead atoms. The molecule has 4 N–H and O–H groups in total. The van der Waals surface area contributed by atoms with Crippen LogP contribution in [0.3, 0.4) is 0 Å². The Balaban J connectivity index is 0.00000400. The number of amides is 1. The summed E-state index contributed by atoms with van der Waals surface area (Å²) >= 11 is 5.78. The molecule has 6 heteroatoms. The second kappa shape index (κ2) is 11.8. The lowest BCUT2D eigenvalue weighted by atomic mass is 10.1. The first-order valence-corrected chi connectivity index (χ1v) is 7.41. The summed E-state index contributed by atoms with van der Waals surface area (Å²) < 4.78 is 0. The third kappa shape index (κ3) is 8.94. The Morgan fingerprint density at radius 2 is 1.81 bits per heavy atom. The van der Waals surface area contributed by atoms with Crippen molar-refractivity contribution in [3.05, 3.63) is 34.9 Å². The van der Waals surface area contributed by atoms with Crippen LogP contribution in [-0.4, -0.2) is 24.1 Å². The number of nitrogens with one attached hydrogen (secondary N) is 1. The molecule has 0 aromatic heterocycles. The molecule has 0 aliphatic carbocycles. The minimum absolute atomic E-state index is 0. The van der Waals surface area contributed by atoms with Gasteiger partial charge in [-0.25, -0.2) is 0 Å². The second-order valence-corrected chi connectivity index (χ2v) is 5.26. The normalized spacial score (nSPS) is 11.6. The van der Waals surface area contributed by atoms with E-state index in [0.717, 1.165) is 31.2 Å². The first-order chi connectivity index (χ1) is 9.63. The van der Waals surface area contributed by atoms with Gasteiger partial charge in [0.05, 0.1) is 6.10 Å². The lowest BCUT2D eigenvalue weighted by Gasteiger charge is -2.12. The number of benzene rings is 1. The molecule has 1 unspecified atom stereocenters. The van der Waals surface area contributed by atoms with Gasteiger partial charge in [-0.15, -0.1) is 12.4 Å². The zero-order valence-corrected chi connectivity index (χ0v) is 13.6. The molecular weight excluding hydrogens is 311 g/mol. The number of hydrogen-bond acceptors (Lipinski definition) is 3. The van der Waals surface area contributed by atoms with Gasteiger partial charge in [0.15, 0.2) is 0 Å². The molecular formula is C15H24Cl2N2O2. The zero-order valence-electron chi connectivity index (χ0n) is 12.1. The minimum atomic E-state index is -0.701. The van der Waals surface area contributed by atoms with E-state index in [2.05, 4.69) is 5.32 Å². The molecule has 0 aliphatic heterocycles. The molecule has 0 saturated carbocycles. The highest BCUT2D eigenvalue weighted by molar-refractivity contribution is 6.30. The van der Waals surface area contributed by atoms with Crippen molar-refractivity contribution in [1.29, 1.82) is 0 Å². The van der Waals surface area contributed by atoms with E-state index in [-0.39, 0.29) is 24.9 Å². The summed E-state index contributed by atoms with van der Waals surface area (Å²) in [6, 6.07) is 6.96. The molecule has 0 radical (unpaired) electrons. The van der Waals surface area contributed by atoms with E-state index >= 15 is 0 Å². The van der Waals surface area contributed by atoms with E-state index in [1.54, 1.807) is 24.3 Å². The predicted octanol–water partition coefficient (Wildman–Crippen LogP) is 2.82. The summed E-state index contributed by atoms with van der Waals surface area (Å²) in [4.78, 5) is 11.6. The topological polar surface area (TPSA) is 75.4 Å². The van der Waals surface area contributed by atoms with Gasteiger partial charge in [-0.2, -0.15) is 0 Å². The van der Waals surface area contributed by atoms with E-state index in [1.165, 1.54) is 0 Å². The average molecular weight is 335 g/mol. The summed E-state index contributed by atoms with van der Waals surface area (Å²) in [7, 11) is 0. The van der Waals surface area contributed by atoms with Crippen LogP contribution in [0.25, 0.3) is 0 Å². The van der Waals surface area contributed by atoms with E-state index < -0.39 is 6.10 Å². The smallest absolute Gasteiger partial charge is 0.220 e. The summed E-state index contributed by atoms with van der Waals surface area (Å²) in [6.07, 6.45) is 3.76. The zero-order chi connectivity index (χ0) is 14.8. The van der Waals surface area contributed by atoms with Crippen molar-refractivity contribution in [2.75, 3.05) is 13.1 Å². The highest BCUT2D eigenvalue weighted by atomic mass is 35.5. The van der Waals surface area contributed by atoms with Crippen molar-refractivity contribution >= 4 is 29.9 Å².